The molecule has 10 aromatic rings. The summed E-state index contributed by atoms with van der Waals surface area (Å²) in [6.45, 7) is 0. The van der Waals surface area contributed by atoms with Crippen LogP contribution in [0.2, 0.25) is 0 Å². The molecule has 240 valence electrons. The van der Waals surface area contributed by atoms with Gasteiger partial charge in [0.1, 0.15) is 11.2 Å². The van der Waals surface area contributed by atoms with Crippen molar-refractivity contribution in [2.45, 2.75) is 0 Å². The molecule has 0 aliphatic rings. The molecule has 0 atom stereocenters. The predicted octanol–water partition coefficient (Wildman–Crippen LogP) is 14.4. The van der Waals surface area contributed by atoms with E-state index in [-0.39, 0.29) is 0 Å². The number of fused-ring (bicyclic) bond motifs is 6. The molecule has 8 aromatic carbocycles. The van der Waals surface area contributed by atoms with E-state index in [0.29, 0.717) is 0 Å². The number of furan rings is 1. The van der Waals surface area contributed by atoms with E-state index in [2.05, 4.69) is 181 Å². The van der Waals surface area contributed by atoms with E-state index in [1.807, 2.05) is 23.5 Å². The van der Waals surface area contributed by atoms with Gasteiger partial charge in [-0.05, 0) is 101 Å². The first kappa shape index (κ1) is 29.5. The molecular formula is C48H31NOS. The third-order valence-corrected chi connectivity index (χ3v) is 11.1. The predicted molar refractivity (Wildman–Crippen MR) is 218 cm³/mol. The van der Waals surface area contributed by atoms with E-state index in [9.17, 15) is 0 Å². The van der Waals surface area contributed by atoms with Crippen LogP contribution >= 0.6 is 11.3 Å². The van der Waals surface area contributed by atoms with Crippen molar-refractivity contribution in [2.75, 3.05) is 4.90 Å². The molecule has 3 heteroatoms. The van der Waals surface area contributed by atoms with E-state index >= 15 is 0 Å². The summed E-state index contributed by atoms with van der Waals surface area (Å²) in [7, 11) is 0. The van der Waals surface area contributed by atoms with Crippen molar-refractivity contribution in [3.05, 3.63) is 188 Å². The Labute approximate surface area is 300 Å². The summed E-state index contributed by atoms with van der Waals surface area (Å²) in [5.41, 5.74) is 12.4. The first-order valence-corrected chi connectivity index (χ1v) is 18.1. The quantitative estimate of drug-likeness (QED) is 0.175. The standard InChI is InChI=1S/C48H31NOS/c1-3-11-32(12-4-1)33-19-24-38(25-20-33)49(37-13-5-2-6-14-37)39-26-21-34(22-27-39)36-30-42(48-44(31-36)41-16-8-10-18-47(41)51-48)35-23-28-46-43(29-35)40-15-7-9-17-45(40)50-46/h1-31H. The molecule has 0 bridgehead atoms. The molecule has 0 spiro atoms. The van der Waals surface area contributed by atoms with E-state index in [0.717, 1.165) is 39.0 Å². The van der Waals surface area contributed by atoms with Gasteiger partial charge in [-0.25, -0.2) is 0 Å². The van der Waals surface area contributed by atoms with Crippen molar-refractivity contribution in [1.82, 2.24) is 0 Å². The minimum absolute atomic E-state index is 0.914. The largest absolute Gasteiger partial charge is 0.456 e. The number of anilines is 3. The van der Waals surface area contributed by atoms with Crippen LogP contribution in [-0.2, 0) is 0 Å². The van der Waals surface area contributed by atoms with Crippen LogP contribution in [0.25, 0.3) is 75.5 Å². The van der Waals surface area contributed by atoms with Crippen molar-refractivity contribution in [3.63, 3.8) is 0 Å². The number of para-hydroxylation sites is 2. The van der Waals surface area contributed by atoms with Crippen LogP contribution in [0.15, 0.2) is 192 Å². The van der Waals surface area contributed by atoms with Crippen molar-refractivity contribution in [3.8, 4) is 33.4 Å². The van der Waals surface area contributed by atoms with Crippen LogP contribution in [0.3, 0.4) is 0 Å². The Bertz CT molecular complexity index is 2830. The third-order valence-electron chi connectivity index (χ3n) is 9.87. The number of hydrogen-bond acceptors (Lipinski definition) is 3. The summed E-state index contributed by atoms with van der Waals surface area (Å²) in [6, 6.07) is 67.4. The average molecular weight is 670 g/mol. The first-order chi connectivity index (χ1) is 25.3. The summed E-state index contributed by atoms with van der Waals surface area (Å²) in [5.74, 6) is 0. The lowest BCUT2D eigenvalue weighted by Gasteiger charge is -2.26. The molecule has 2 heterocycles. The van der Waals surface area contributed by atoms with Crippen LogP contribution in [0.4, 0.5) is 17.1 Å². The lowest BCUT2D eigenvalue weighted by molar-refractivity contribution is 0.669. The van der Waals surface area contributed by atoms with Crippen molar-refractivity contribution < 1.29 is 4.42 Å². The fourth-order valence-electron chi connectivity index (χ4n) is 7.36. The van der Waals surface area contributed by atoms with Gasteiger partial charge in [0.25, 0.3) is 0 Å². The Morgan fingerprint density at radius 3 is 1.63 bits per heavy atom. The summed E-state index contributed by atoms with van der Waals surface area (Å²) in [6.07, 6.45) is 0. The Hall–Kier alpha value is -6.42. The second-order valence-electron chi connectivity index (χ2n) is 12.9. The number of nitrogens with zero attached hydrogens (tertiary/aromatic N) is 1. The number of thiophene rings is 1. The number of rotatable bonds is 6. The van der Waals surface area contributed by atoms with Gasteiger partial charge in [-0.2, -0.15) is 0 Å². The zero-order chi connectivity index (χ0) is 33.7. The molecule has 0 aliphatic carbocycles. The van der Waals surface area contributed by atoms with E-state index in [1.54, 1.807) is 0 Å². The van der Waals surface area contributed by atoms with Gasteiger partial charge in [0, 0.05) is 53.6 Å². The Balaban J connectivity index is 1.09. The number of benzene rings is 8. The minimum Gasteiger partial charge on any atom is -0.456 e. The second-order valence-corrected chi connectivity index (χ2v) is 14.0. The normalized spacial score (nSPS) is 11.5. The van der Waals surface area contributed by atoms with Gasteiger partial charge in [-0.1, -0.05) is 115 Å². The maximum absolute atomic E-state index is 6.19. The highest BCUT2D eigenvalue weighted by atomic mass is 32.1. The molecule has 0 radical (unpaired) electrons. The maximum Gasteiger partial charge on any atom is 0.135 e. The summed E-state index contributed by atoms with van der Waals surface area (Å²) in [5, 5.41) is 4.87. The fraction of sp³-hybridized carbons (Fsp3) is 0. The molecule has 0 saturated carbocycles. The Kier molecular flexibility index (Phi) is 7.04. The molecule has 0 N–H and O–H groups in total. The molecule has 2 nitrogen and oxygen atoms in total. The molecule has 10 rings (SSSR count). The zero-order valence-corrected chi connectivity index (χ0v) is 28.5. The zero-order valence-electron chi connectivity index (χ0n) is 27.7. The molecule has 0 amide bonds. The van der Waals surface area contributed by atoms with E-state index in [4.69, 9.17) is 4.42 Å². The number of hydrogen-bond donors (Lipinski definition) is 0. The average Bonchev–Trinajstić information content (AvgIpc) is 3.77. The highest BCUT2D eigenvalue weighted by Gasteiger charge is 2.17. The Morgan fingerprint density at radius 1 is 0.353 bits per heavy atom. The third kappa shape index (κ3) is 5.18. The first-order valence-electron chi connectivity index (χ1n) is 17.2. The highest BCUT2D eigenvalue weighted by Crippen LogP contribution is 2.44. The molecular weight excluding hydrogens is 639 g/mol. The van der Waals surface area contributed by atoms with Gasteiger partial charge in [0.15, 0.2) is 0 Å². The van der Waals surface area contributed by atoms with Crippen LogP contribution in [0.5, 0.6) is 0 Å². The maximum atomic E-state index is 6.19. The molecule has 0 fully saturated rings. The van der Waals surface area contributed by atoms with Gasteiger partial charge in [-0.3, -0.25) is 0 Å². The van der Waals surface area contributed by atoms with Crippen molar-refractivity contribution >= 4 is 70.5 Å². The van der Waals surface area contributed by atoms with Gasteiger partial charge in [0.2, 0.25) is 0 Å². The smallest absolute Gasteiger partial charge is 0.135 e. The monoisotopic (exact) mass is 669 g/mol. The van der Waals surface area contributed by atoms with Crippen LogP contribution in [0.1, 0.15) is 0 Å². The Morgan fingerprint density at radius 2 is 0.882 bits per heavy atom. The summed E-state index contributed by atoms with van der Waals surface area (Å²) < 4.78 is 8.79. The lowest BCUT2D eigenvalue weighted by Crippen LogP contribution is -2.09. The van der Waals surface area contributed by atoms with E-state index < -0.39 is 0 Å². The second kappa shape index (κ2) is 12.2. The topological polar surface area (TPSA) is 16.4 Å². The van der Waals surface area contributed by atoms with Crippen molar-refractivity contribution in [1.29, 1.82) is 0 Å². The minimum atomic E-state index is 0.914. The molecule has 0 aliphatic heterocycles. The van der Waals surface area contributed by atoms with E-state index in [1.165, 1.54) is 53.6 Å². The van der Waals surface area contributed by atoms with Crippen LogP contribution in [-0.4, -0.2) is 0 Å². The van der Waals surface area contributed by atoms with Crippen molar-refractivity contribution in [2.24, 2.45) is 0 Å². The SMILES string of the molecule is c1ccc(-c2ccc(N(c3ccccc3)c3ccc(-c4cc(-c5ccc6oc7ccccc7c6c5)c5sc6ccccc6c5c4)cc3)cc2)cc1. The summed E-state index contributed by atoms with van der Waals surface area (Å²) >= 11 is 1.87. The van der Waals surface area contributed by atoms with Gasteiger partial charge in [0.05, 0.1) is 0 Å². The fourth-order valence-corrected chi connectivity index (χ4v) is 8.58. The lowest BCUT2D eigenvalue weighted by atomic mass is 9.95. The van der Waals surface area contributed by atoms with Crippen LogP contribution < -0.4 is 4.90 Å². The van der Waals surface area contributed by atoms with Crippen LogP contribution in [0, 0.1) is 0 Å². The molecule has 0 saturated heterocycles. The molecule has 51 heavy (non-hydrogen) atoms. The van der Waals surface area contributed by atoms with Gasteiger partial charge in [-0.15, -0.1) is 11.3 Å². The summed E-state index contributed by atoms with van der Waals surface area (Å²) in [4.78, 5) is 2.32. The molecule has 2 aromatic heterocycles. The highest BCUT2D eigenvalue weighted by molar-refractivity contribution is 7.26. The van der Waals surface area contributed by atoms with Gasteiger partial charge >= 0.3 is 0 Å². The van der Waals surface area contributed by atoms with Gasteiger partial charge < -0.3 is 9.32 Å². The molecule has 0 unspecified atom stereocenters.